The number of sulfonamides is 1. The minimum Gasteiger partial charge on any atom is -0.399 e. The summed E-state index contributed by atoms with van der Waals surface area (Å²) >= 11 is 0. The van der Waals surface area contributed by atoms with Gasteiger partial charge in [-0.05, 0) is 43.4 Å². The van der Waals surface area contributed by atoms with Crippen LogP contribution < -0.4 is 5.73 Å². The highest BCUT2D eigenvalue weighted by Crippen LogP contribution is 2.32. The number of hydrogen-bond acceptors (Lipinski definition) is 4. The van der Waals surface area contributed by atoms with Crippen LogP contribution in [0.25, 0.3) is 0 Å². The van der Waals surface area contributed by atoms with Gasteiger partial charge in [0.2, 0.25) is 10.0 Å². The molecule has 0 amide bonds. The van der Waals surface area contributed by atoms with Gasteiger partial charge in [0, 0.05) is 18.3 Å². The first-order valence-corrected chi connectivity index (χ1v) is 8.52. The van der Waals surface area contributed by atoms with E-state index < -0.39 is 10.0 Å². The maximum Gasteiger partial charge on any atom is 0.244 e. The third kappa shape index (κ3) is 2.89. The molecule has 2 rings (SSSR count). The summed E-state index contributed by atoms with van der Waals surface area (Å²) in [7, 11) is -3.68. The monoisotopic (exact) mass is 307 g/mol. The Kier molecular flexibility index (Phi) is 4.26. The fourth-order valence-corrected chi connectivity index (χ4v) is 4.94. The molecule has 1 heterocycles. The van der Waals surface area contributed by atoms with Crippen molar-refractivity contribution in [2.24, 2.45) is 11.8 Å². The molecule has 21 heavy (non-hydrogen) atoms. The van der Waals surface area contributed by atoms with Crippen molar-refractivity contribution < 1.29 is 8.42 Å². The molecule has 1 aliphatic rings. The molecule has 0 spiro atoms. The normalized spacial score (nSPS) is 27.2. The van der Waals surface area contributed by atoms with Crippen molar-refractivity contribution in [2.45, 2.75) is 38.1 Å². The molecule has 2 N–H and O–H groups in total. The second-order valence-corrected chi connectivity index (χ2v) is 7.86. The molecule has 1 aliphatic heterocycles. The maximum atomic E-state index is 12.9. The van der Waals surface area contributed by atoms with Crippen LogP contribution in [0, 0.1) is 23.2 Å². The lowest BCUT2D eigenvalue weighted by atomic mass is 9.88. The van der Waals surface area contributed by atoms with E-state index >= 15 is 0 Å². The highest BCUT2D eigenvalue weighted by Gasteiger charge is 2.38. The SMILES string of the molecule is CC1CC(C)C(C)N(S(=O)(=O)c2ccc(N)cc2C#N)C1. The predicted octanol–water partition coefficient (Wildman–Crippen LogP) is 2.20. The van der Waals surface area contributed by atoms with Crippen LogP contribution in [0.4, 0.5) is 5.69 Å². The molecule has 1 fully saturated rings. The van der Waals surface area contributed by atoms with Crippen LogP contribution >= 0.6 is 0 Å². The summed E-state index contributed by atoms with van der Waals surface area (Å²) in [5, 5.41) is 9.19. The van der Waals surface area contributed by atoms with Crippen LogP contribution in [0.3, 0.4) is 0 Å². The summed E-state index contributed by atoms with van der Waals surface area (Å²) in [6.07, 6.45) is 1.01. The molecule has 114 valence electrons. The molecule has 0 aromatic heterocycles. The van der Waals surface area contributed by atoms with E-state index in [1.54, 1.807) is 0 Å². The van der Waals surface area contributed by atoms with Crippen LogP contribution in [0.15, 0.2) is 23.1 Å². The average Bonchev–Trinajstić information content (AvgIpc) is 2.42. The first-order chi connectivity index (χ1) is 9.77. The van der Waals surface area contributed by atoms with E-state index in [1.807, 2.05) is 13.0 Å². The molecule has 3 unspecified atom stereocenters. The smallest absolute Gasteiger partial charge is 0.244 e. The van der Waals surface area contributed by atoms with E-state index in [2.05, 4.69) is 13.8 Å². The molecular formula is C15H21N3O2S. The van der Waals surface area contributed by atoms with Crippen molar-refractivity contribution >= 4 is 15.7 Å². The lowest BCUT2D eigenvalue weighted by molar-refractivity contribution is 0.157. The first-order valence-electron chi connectivity index (χ1n) is 7.08. The van der Waals surface area contributed by atoms with Crippen LogP contribution in [0.2, 0.25) is 0 Å². The van der Waals surface area contributed by atoms with Gasteiger partial charge in [-0.3, -0.25) is 0 Å². The number of benzene rings is 1. The molecule has 3 atom stereocenters. The van der Waals surface area contributed by atoms with Gasteiger partial charge in [0.15, 0.2) is 0 Å². The molecule has 0 aliphatic carbocycles. The van der Waals surface area contributed by atoms with Crippen molar-refractivity contribution in [3.05, 3.63) is 23.8 Å². The minimum absolute atomic E-state index is 0.0485. The number of nitrogens with two attached hydrogens (primary N) is 1. The standard InChI is InChI=1S/C15H21N3O2S/c1-10-6-11(2)12(3)18(9-10)21(19,20)15-5-4-14(17)7-13(15)8-16/h4-5,7,10-12H,6,9,17H2,1-3H3. The molecule has 1 saturated heterocycles. The van der Waals surface area contributed by atoms with Gasteiger partial charge in [-0.25, -0.2) is 8.42 Å². The van der Waals surface area contributed by atoms with Gasteiger partial charge in [0.1, 0.15) is 11.0 Å². The van der Waals surface area contributed by atoms with Gasteiger partial charge in [-0.15, -0.1) is 0 Å². The zero-order valence-corrected chi connectivity index (χ0v) is 13.4. The topological polar surface area (TPSA) is 87.2 Å². The predicted molar refractivity (Wildman–Crippen MR) is 81.9 cm³/mol. The molecule has 1 aromatic rings. The highest BCUT2D eigenvalue weighted by molar-refractivity contribution is 7.89. The Morgan fingerprint density at radius 2 is 2.00 bits per heavy atom. The van der Waals surface area contributed by atoms with Gasteiger partial charge in [-0.1, -0.05) is 13.8 Å². The van der Waals surface area contributed by atoms with Crippen LogP contribution in [0.1, 0.15) is 32.8 Å². The fraction of sp³-hybridized carbons (Fsp3) is 0.533. The summed E-state index contributed by atoms with van der Waals surface area (Å²) < 4.78 is 27.4. The van der Waals surface area contributed by atoms with Crippen molar-refractivity contribution in [1.82, 2.24) is 4.31 Å². The van der Waals surface area contributed by atoms with E-state index in [0.717, 1.165) is 6.42 Å². The molecular weight excluding hydrogens is 286 g/mol. The summed E-state index contributed by atoms with van der Waals surface area (Å²) in [5.41, 5.74) is 6.13. The second-order valence-electron chi connectivity index (χ2n) is 6.00. The molecule has 6 heteroatoms. The molecule has 0 saturated carbocycles. The Morgan fingerprint density at radius 1 is 1.33 bits per heavy atom. The van der Waals surface area contributed by atoms with Gasteiger partial charge in [0.25, 0.3) is 0 Å². The summed E-state index contributed by atoms with van der Waals surface area (Å²) in [5.74, 6) is 0.605. The fourth-order valence-electron chi connectivity index (χ4n) is 2.97. The maximum absolute atomic E-state index is 12.9. The number of rotatable bonds is 2. The van der Waals surface area contributed by atoms with E-state index in [1.165, 1.54) is 22.5 Å². The Bertz CT molecular complexity index is 679. The molecule has 5 nitrogen and oxygen atoms in total. The summed E-state index contributed by atoms with van der Waals surface area (Å²) in [6, 6.07) is 6.22. The molecule has 0 bridgehead atoms. The summed E-state index contributed by atoms with van der Waals surface area (Å²) in [6.45, 7) is 6.54. The third-order valence-electron chi connectivity index (χ3n) is 4.25. The lowest BCUT2D eigenvalue weighted by Gasteiger charge is -2.40. The molecule has 1 aromatic carbocycles. The number of nitrogen functional groups attached to an aromatic ring is 1. The third-order valence-corrected chi connectivity index (χ3v) is 6.27. The molecule has 0 radical (unpaired) electrons. The van der Waals surface area contributed by atoms with Crippen LogP contribution in [-0.2, 0) is 10.0 Å². The number of anilines is 1. The quantitative estimate of drug-likeness (QED) is 0.848. The van der Waals surface area contributed by atoms with Gasteiger partial charge in [-0.2, -0.15) is 9.57 Å². The van der Waals surface area contributed by atoms with Crippen molar-refractivity contribution in [3.8, 4) is 6.07 Å². The number of nitrogens with zero attached hydrogens (tertiary/aromatic N) is 2. The number of hydrogen-bond donors (Lipinski definition) is 1. The highest BCUT2D eigenvalue weighted by atomic mass is 32.2. The van der Waals surface area contributed by atoms with E-state index in [0.29, 0.717) is 24.1 Å². The van der Waals surface area contributed by atoms with Gasteiger partial charge in [0.05, 0.1) is 5.56 Å². The van der Waals surface area contributed by atoms with Crippen molar-refractivity contribution in [3.63, 3.8) is 0 Å². The summed E-state index contributed by atoms with van der Waals surface area (Å²) in [4.78, 5) is 0.0485. The Hall–Kier alpha value is -1.58. The Labute approximate surface area is 126 Å². The second kappa shape index (κ2) is 5.66. The zero-order chi connectivity index (χ0) is 15.8. The average molecular weight is 307 g/mol. The van der Waals surface area contributed by atoms with Gasteiger partial charge < -0.3 is 5.73 Å². The van der Waals surface area contributed by atoms with E-state index in [-0.39, 0.29) is 16.5 Å². The number of piperidine rings is 1. The number of nitriles is 1. The Balaban J connectivity index is 2.49. The van der Waals surface area contributed by atoms with Crippen LogP contribution in [0.5, 0.6) is 0 Å². The van der Waals surface area contributed by atoms with E-state index in [4.69, 9.17) is 5.73 Å². The Morgan fingerprint density at radius 3 is 2.62 bits per heavy atom. The zero-order valence-electron chi connectivity index (χ0n) is 12.6. The van der Waals surface area contributed by atoms with Crippen molar-refractivity contribution in [1.29, 1.82) is 5.26 Å². The van der Waals surface area contributed by atoms with Gasteiger partial charge >= 0.3 is 0 Å². The van der Waals surface area contributed by atoms with E-state index in [9.17, 15) is 13.7 Å². The van der Waals surface area contributed by atoms with Crippen molar-refractivity contribution in [2.75, 3.05) is 12.3 Å². The largest absolute Gasteiger partial charge is 0.399 e. The van der Waals surface area contributed by atoms with Crippen LogP contribution in [-0.4, -0.2) is 25.3 Å². The minimum atomic E-state index is -3.68. The first kappa shape index (κ1) is 15.8. The lowest BCUT2D eigenvalue weighted by Crippen LogP contribution is -2.48.